The van der Waals surface area contributed by atoms with Crippen molar-refractivity contribution in [3.8, 4) is 0 Å². The van der Waals surface area contributed by atoms with E-state index in [0.717, 1.165) is 0 Å². The van der Waals surface area contributed by atoms with Gasteiger partial charge in [-0.2, -0.15) is 4.72 Å². The number of sulfonamides is 1. The van der Waals surface area contributed by atoms with Crippen molar-refractivity contribution in [2.75, 3.05) is 6.54 Å². The van der Waals surface area contributed by atoms with E-state index in [1.165, 1.54) is 13.8 Å². The fourth-order valence-corrected chi connectivity index (χ4v) is 3.77. The second kappa shape index (κ2) is 7.33. The van der Waals surface area contributed by atoms with Crippen LogP contribution in [0.15, 0.2) is 33.7 Å². The van der Waals surface area contributed by atoms with Crippen molar-refractivity contribution < 1.29 is 22.5 Å². The van der Waals surface area contributed by atoms with Gasteiger partial charge in [0.1, 0.15) is 23.2 Å². The molecule has 0 aliphatic carbocycles. The van der Waals surface area contributed by atoms with Crippen LogP contribution in [0.2, 0.25) is 5.02 Å². The van der Waals surface area contributed by atoms with E-state index < -0.39 is 28.6 Å². The lowest BCUT2D eigenvalue weighted by atomic mass is 10.1. The van der Waals surface area contributed by atoms with E-state index in [1.807, 2.05) is 0 Å². The van der Waals surface area contributed by atoms with Crippen LogP contribution < -0.4 is 4.72 Å². The van der Waals surface area contributed by atoms with E-state index in [-0.39, 0.29) is 16.3 Å². The van der Waals surface area contributed by atoms with Crippen LogP contribution >= 0.6 is 11.6 Å². The lowest BCUT2D eigenvalue weighted by molar-refractivity contribution is -0.147. The molecule has 0 radical (unpaired) electrons. The fraction of sp³-hybridized carbons (Fsp3) is 0.333. The number of aryl methyl sites for hydroxylation is 2. The van der Waals surface area contributed by atoms with E-state index in [1.54, 1.807) is 31.2 Å². The van der Waals surface area contributed by atoms with Crippen LogP contribution in [-0.2, 0) is 19.6 Å². The lowest BCUT2D eigenvalue weighted by Gasteiger charge is -2.15. The number of carbonyl (C=O) groups excluding carboxylic acids is 1. The molecule has 1 aromatic heterocycles. The largest absolute Gasteiger partial charge is 0.457 e. The van der Waals surface area contributed by atoms with Gasteiger partial charge >= 0.3 is 5.97 Å². The van der Waals surface area contributed by atoms with E-state index in [2.05, 4.69) is 9.88 Å². The zero-order valence-electron chi connectivity index (χ0n) is 13.4. The van der Waals surface area contributed by atoms with Crippen LogP contribution in [0.5, 0.6) is 0 Å². The highest BCUT2D eigenvalue weighted by Crippen LogP contribution is 2.25. The van der Waals surface area contributed by atoms with E-state index in [9.17, 15) is 13.2 Å². The summed E-state index contributed by atoms with van der Waals surface area (Å²) in [5, 5.41) is 4.05. The van der Waals surface area contributed by atoms with Crippen molar-refractivity contribution in [1.82, 2.24) is 9.88 Å². The number of nitrogens with one attached hydrogen (secondary N) is 1. The summed E-state index contributed by atoms with van der Waals surface area (Å²) >= 11 is 6.03. The number of halogens is 1. The van der Waals surface area contributed by atoms with E-state index >= 15 is 0 Å². The SMILES string of the molecule is Cc1noc(C)c1S(=O)(=O)NCC(=O)O[C@H](C)c1ccccc1Cl. The quantitative estimate of drug-likeness (QED) is 0.782. The smallest absolute Gasteiger partial charge is 0.321 e. The van der Waals surface area contributed by atoms with E-state index in [4.69, 9.17) is 20.9 Å². The van der Waals surface area contributed by atoms with Crippen LogP contribution in [0, 0.1) is 13.8 Å². The first kappa shape index (κ1) is 18.4. The minimum atomic E-state index is -3.92. The van der Waals surface area contributed by atoms with Gasteiger partial charge in [-0.25, -0.2) is 8.42 Å². The van der Waals surface area contributed by atoms with Gasteiger partial charge in [-0.1, -0.05) is 35.0 Å². The summed E-state index contributed by atoms with van der Waals surface area (Å²) in [5.74, 6) is -0.574. The molecule has 7 nitrogen and oxygen atoms in total. The van der Waals surface area contributed by atoms with Gasteiger partial charge in [0, 0.05) is 10.6 Å². The molecule has 0 amide bonds. The summed E-state index contributed by atoms with van der Waals surface area (Å²) in [5.41, 5.74) is 0.860. The molecule has 1 aromatic carbocycles. The number of hydrogen-bond acceptors (Lipinski definition) is 6. The summed E-state index contributed by atoms with van der Waals surface area (Å²) in [7, 11) is -3.92. The van der Waals surface area contributed by atoms with Gasteiger partial charge in [-0.3, -0.25) is 4.79 Å². The monoisotopic (exact) mass is 372 g/mol. The van der Waals surface area contributed by atoms with Crippen molar-refractivity contribution in [2.45, 2.75) is 31.8 Å². The zero-order valence-corrected chi connectivity index (χ0v) is 14.9. The predicted octanol–water partition coefficient (Wildman–Crippen LogP) is 2.53. The molecule has 0 fully saturated rings. The predicted molar refractivity (Wildman–Crippen MR) is 87.1 cm³/mol. The number of carbonyl (C=O) groups is 1. The third-order valence-electron chi connectivity index (χ3n) is 3.29. The number of ether oxygens (including phenoxy) is 1. The Labute approximate surface area is 145 Å². The van der Waals surface area contributed by atoms with Gasteiger partial charge in [0.25, 0.3) is 0 Å². The third kappa shape index (κ3) is 4.14. The number of rotatable bonds is 6. The Morgan fingerprint density at radius 2 is 2.04 bits per heavy atom. The van der Waals surface area contributed by atoms with Gasteiger partial charge in [0.05, 0.1) is 0 Å². The molecule has 0 aliphatic heterocycles. The highest BCUT2D eigenvalue weighted by Gasteiger charge is 2.25. The normalized spacial score (nSPS) is 12.8. The highest BCUT2D eigenvalue weighted by atomic mass is 35.5. The number of nitrogens with zero attached hydrogens (tertiary/aromatic N) is 1. The van der Waals surface area contributed by atoms with Crippen LogP contribution in [0.1, 0.15) is 30.0 Å². The molecule has 0 saturated heterocycles. The minimum Gasteiger partial charge on any atom is -0.457 e. The molecule has 1 N–H and O–H groups in total. The van der Waals surface area contributed by atoms with Gasteiger partial charge in [-0.05, 0) is 26.8 Å². The van der Waals surface area contributed by atoms with Crippen molar-refractivity contribution in [2.24, 2.45) is 0 Å². The first-order valence-electron chi connectivity index (χ1n) is 7.09. The van der Waals surface area contributed by atoms with Gasteiger partial charge in [0.15, 0.2) is 5.76 Å². The minimum absolute atomic E-state index is 0.0746. The molecule has 0 bridgehead atoms. The van der Waals surface area contributed by atoms with Crippen molar-refractivity contribution in [3.05, 3.63) is 46.3 Å². The average molecular weight is 373 g/mol. The first-order chi connectivity index (χ1) is 11.2. The number of benzene rings is 1. The topological polar surface area (TPSA) is 98.5 Å². The summed E-state index contributed by atoms with van der Waals surface area (Å²) in [6, 6.07) is 6.94. The number of hydrogen-bond donors (Lipinski definition) is 1. The molecule has 1 heterocycles. The molecule has 130 valence electrons. The molecule has 0 spiro atoms. The molecule has 24 heavy (non-hydrogen) atoms. The molecular weight excluding hydrogens is 356 g/mol. The van der Waals surface area contributed by atoms with Crippen LogP contribution in [0.4, 0.5) is 0 Å². The summed E-state index contributed by atoms with van der Waals surface area (Å²) in [4.78, 5) is 11.8. The van der Waals surface area contributed by atoms with Gasteiger partial charge < -0.3 is 9.26 Å². The van der Waals surface area contributed by atoms with Crippen molar-refractivity contribution in [1.29, 1.82) is 0 Å². The Kier molecular flexibility index (Phi) is 5.63. The molecule has 2 rings (SSSR count). The van der Waals surface area contributed by atoms with Crippen molar-refractivity contribution >= 4 is 27.6 Å². The molecule has 0 unspecified atom stereocenters. The molecule has 0 aliphatic rings. The van der Waals surface area contributed by atoms with E-state index in [0.29, 0.717) is 10.6 Å². The second-order valence-electron chi connectivity index (χ2n) is 5.13. The Bertz CT molecular complexity index is 828. The first-order valence-corrected chi connectivity index (χ1v) is 8.95. The maximum absolute atomic E-state index is 12.2. The van der Waals surface area contributed by atoms with Crippen LogP contribution in [0.25, 0.3) is 0 Å². The molecule has 1 atom stereocenters. The maximum Gasteiger partial charge on any atom is 0.321 e. The second-order valence-corrected chi connectivity index (χ2v) is 7.24. The standard InChI is InChI=1S/C15H17ClN2O5S/c1-9-15(11(3)23-18-9)24(20,21)17-8-14(19)22-10(2)12-6-4-5-7-13(12)16/h4-7,10,17H,8H2,1-3H3/t10-/m1/s1. The average Bonchev–Trinajstić information content (AvgIpc) is 2.85. The fourth-order valence-electron chi connectivity index (χ4n) is 2.19. The zero-order chi connectivity index (χ0) is 17.9. The van der Waals surface area contributed by atoms with Crippen LogP contribution in [-0.4, -0.2) is 26.1 Å². The Morgan fingerprint density at radius 1 is 1.38 bits per heavy atom. The molecular formula is C15H17ClN2O5S. The maximum atomic E-state index is 12.2. The Morgan fingerprint density at radius 3 is 2.62 bits per heavy atom. The van der Waals surface area contributed by atoms with Crippen LogP contribution in [0.3, 0.4) is 0 Å². The number of aromatic nitrogens is 1. The lowest BCUT2D eigenvalue weighted by Crippen LogP contribution is -2.31. The Balaban J connectivity index is 2.00. The summed E-state index contributed by atoms with van der Waals surface area (Å²) < 4.78 is 36.6. The Hall–Kier alpha value is -1.90. The molecule has 0 saturated carbocycles. The van der Waals surface area contributed by atoms with Gasteiger partial charge in [0.2, 0.25) is 10.0 Å². The summed E-state index contributed by atoms with van der Waals surface area (Å²) in [6.07, 6.45) is -0.602. The number of esters is 1. The van der Waals surface area contributed by atoms with Crippen molar-refractivity contribution in [3.63, 3.8) is 0 Å². The molecule has 2 aromatic rings. The highest BCUT2D eigenvalue weighted by molar-refractivity contribution is 7.89. The third-order valence-corrected chi connectivity index (χ3v) is 5.28. The molecule has 9 heteroatoms. The van der Waals surface area contributed by atoms with Gasteiger partial charge in [-0.15, -0.1) is 0 Å². The summed E-state index contributed by atoms with van der Waals surface area (Å²) in [6.45, 7) is 4.12.